The third-order valence-corrected chi connectivity index (χ3v) is 5.27. The van der Waals surface area contributed by atoms with Crippen LogP contribution in [-0.4, -0.2) is 4.92 Å². The molecule has 0 atom stereocenters. The maximum absolute atomic E-state index is 10.7. The number of allylic oxidation sites excluding steroid dienone is 1. The average Bonchev–Trinajstić information content (AvgIpc) is 2.72. The molecule has 3 aromatic carbocycles. The van der Waals surface area contributed by atoms with Crippen molar-refractivity contribution in [2.45, 2.75) is 6.61 Å². The highest BCUT2D eigenvalue weighted by molar-refractivity contribution is 14.1. The van der Waals surface area contributed by atoms with Gasteiger partial charge in [-0.05, 0) is 70.1 Å². The third-order valence-electron chi connectivity index (χ3n) is 4.09. The van der Waals surface area contributed by atoms with Gasteiger partial charge in [-0.15, -0.1) is 0 Å². The van der Waals surface area contributed by atoms with E-state index >= 15 is 0 Å². The highest BCUT2D eigenvalue weighted by atomic mass is 127. The van der Waals surface area contributed by atoms with Crippen LogP contribution in [0.25, 0.3) is 11.6 Å². The number of ether oxygens (including phenoxy) is 1. The largest absolute Gasteiger partial charge is 0.488 e. The number of nitriles is 1. The Morgan fingerprint density at radius 1 is 1.17 bits per heavy atom. The van der Waals surface area contributed by atoms with Crippen LogP contribution in [0.3, 0.4) is 0 Å². The zero-order valence-corrected chi connectivity index (χ0v) is 17.9. The number of halogens is 2. The summed E-state index contributed by atoms with van der Waals surface area (Å²) in [5, 5.41) is 20.8. The smallest absolute Gasteiger partial charge is 0.269 e. The summed E-state index contributed by atoms with van der Waals surface area (Å²) in [6, 6.07) is 21.3. The van der Waals surface area contributed by atoms with Gasteiger partial charge in [-0.2, -0.15) is 5.26 Å². The van der Waals surface area contributed by atoms with Crippen LogP contribution in [-0.2, 0) is 6.61 Å². The number of rotatable bonds is 6. The van der Waals surface area contributed by atoms with E-state index in [-0.39, 0.29) is 5.69 Å². The van der Waals surface area contributed by atoms with Crippen LogP contribution in [0.4, 0.5) is 5.69 Å². The van der Waals surface area contributed by atoms with Crippen LogP contribution in [0.5, 0.6) is 5.75 Å². The number of hydrogen-bond donors (Lipinski definition) is 0. The van der Waals surface area contributed by atoms with E-state index in [1.165, 1.54) is 12.1 Å². The summed E-state index contributed by atoms with van der Waals surface area (Å²) < 4.78 is 6.71. The van der Waals surface area contributed by atoms with Gasteiger partial charge in [-0.3, -0.25) is 10.1 Å². The minimum Gasteiger partial charge on any atom is -0.488 e. The normalized spacial score (nSPS) is 11.0. The quantitative estimate of drug-likeness (QED) is 0.123. The summed E-state index contributed by atoms with van der Waals surface area (Å²) in [6.45, 7) is 0.298. The molecule has 0 unspecified atom stereocenters. The molecule has 29 heavy (non-hydrogen) atoms. The molecule has 5 nitrogen and oxygen atoms in total. The van der Waals surface area contributed by atoms with Gasteiger partial charge in [0.25, 0.3) is 5.69 Å². The van der Waals surface area contributed by atoms with E-state index in [1.807, 2.05) is 36.4 Å². The van der Waals surface area contributed by atoms with Gasteiger partial charge in [0.05, 0.1) is 20.1 Å². The molecule has 0 N–H and O–H groups in total. The maximum atomic E-state index is 10.7. The van der Waals surface area contributed by atoms with E-state index in [0.29, 0.717) is 28.5 Å². The number of nitro groups is 1. The van der Waals surface area contributed by atoms with E-state index < -0.39 is 4.92 Å². The predicted octanol–water partition coefficient (Wildman–Crippen LogP) is 6.50. The molecule has 0 saturated carbocycles. The van der Waals surface area contributed by atoms with E-state index in [4.69, 9.17) is 16.3 Å². The molecule has 3 rings (SSSR count). The van der Waals surface area contributed by atoms with E-state index in [2.05, 4.69) is 28.7 Å². The Morgan fingerprint density at radius 3 is 2.52 bits per heavy atom. The lowest BCUT2D eigenvalue weighted by Gasteiger charge is -2.09. The summed E-state index contributed by atoms with van der Waals surface area (Å²) in [7, 11) is 0. The molecule has 0 radical (unpaired) electrons. The van der Waals surface area contributed by atoms with Crippen molar-refractivity contribution in [2.75, 3.05) is 0 Å². The highest BCUT2D eigenvalue weighted by Crippen LogP contribution is 2.28. The van der Waals surface area contributed by atoms with Crippen molar-refractivity contribution in [1.29, 1.82) is 5.26 Å². The van der Waals surface area contributed by atoms with Crippen molar-refractivity contribution < 1.29 is 9.66 Å². The summed E-state index contributed by atoms with van der Waals surface area (Å²) >= 11 is 8.37. The van der Waals surface area contributed by atoms with Crippen LogP contribution < -0.4 is 4.74 Å². The molecular formula is C22H14ClIN2O3. The highest BCUT2D eigenvalue weighted by Gasteiger charge is 2.08. The van der Waals surface area contributed by atoms with E-state index in [9.17, 15) is 15.4 Å². The maximum Gasteiger partial charge on any atom is 0.269 e. The number of nitro benzene ring substituents is 1. The Labute approximate surface area is 186 Å². The molecule has 0 fully saturated rings. The fraction of sp³-hybridized carbons (Fsp3) is 0.0455. The fourth-order valence-corrected chi connectivity index (χ4v) is 3.55. The van der Waals surface area contributed by atoms with Crippen LogP contribution in [0.1, 0.15) is 16.7 Å². The molecule has 0 amide bonds. The Kier molecular flexibility index (Phi) is 6.86. The van der Waals surface area contributed by atoms with Crippen LogP contribution in [0.2, 0.25) is 5.02 Å². The Morgan fingerprint density at radius 2 is 1.90 bits per heavy atom. The van der Waals surface area contributed by atoms with Crippen molar-refractivity contribution in [1.82, 2.24) is 0 Å². The monoisotopic (exact) mass is 516 g/mol. The number of hydrogen-bond acceptors (Lipinski definition) is 4. The van der Waals surface area contributed by atoms with Gasteiger partial charge < -0.3 is 4.74 Å². The van der Waals surface area contributed by atoms with Gasteiger partial charge in [-0.1, -0.05) is 35.9 Å². The van der Waals surface area contributed by atoms with Gasteiger partial charge in [0.15, 0.2) is 0 Å². The molecule has 0 aliphatic rings. The minimum absolute atomic E-state index is 0.0475. The van der Waals surface area contributed by atoms with Crippen molar-refractivity contribution in [3.63, 3.8) is 0 Å². The first-order valence-electron chi connectivity index (χ1n) is 8.50. The van der Waals surface area contributed by atoms with Crippen LogP contribution in [0.15, 0.2) is 66.7 Å². The van der Waals surface area contributed by atoms with Gasteiger partial charge >= 0.3 is 0 Å². The first-order chi connectivity index (χ1) is 14.0. The van der Waals surface area contributed by atoms with Gasteiger partial charge in [0.1, 0.15) is 12.4 Å². The Balaban J connectivity index is 1.75. The molecule has 0 heterocycles. The average molecular weight is 517 g/mol. The lowest BCUT2D eigenvalue weighted by Crippen LogP contribution is -1.98. The second kappa shape index (κ2) is 9.54. The zero-order chi connectivity index (χ0) is 20.8. The first kappa shape index (κ1) is 20.8. The molecule has 0 saturated heterocycles. The second-order valence-corrected chi connectivity index (χ2v) is 7.62. The molecular weight excluding hydrogens is 503 g/mol. The molecule has 144 valence electrons. The molecule has 0 aromatic heterocycles. The van der Waals surface area contributed by atoms with E-state index in [1.54, 1.807) is 24.3 Å². The van der Waals surface area contributed by atoms with Crippen molar-refractivity contribution in [3.8, 4) is 11.8 Å². The third kappa shape index (κ3) is 5.34. The SMILES string of the molecule is N#CC(=Cc1ccc(OCc2ccc([N+](=O)[O-])cc2)c(I)c1)c1ccccc1Cl. The molecule has 0 aliphatic heterocycles. The topological polar surface area (TPSA) is 76.2 Å². The van der Waals surface area contributed by atoms with Crippen molar-refractivity contribution in [2.24, 2.45) is 0 Å². The van der Waals surface area contributed by atoms with Gasteiger partial charge in [0, 0.05) is 22.7 Å². The van der Waals surface area contributed by atoms with Crippen molar-refractivity contribution in [3.05, 3.63) is 102 Å². The van der Waals surface area contributed by atoms with Crippen LogP contribution in [0, 0.1) is 25.0 Å². The Bertz CT molecular complexity index is 1120. The molecule has 0 bridgehead atoms. The predicted molar refractivity (Wildman–Crippen MR) is 122 cm³/mol. The summed E-state index contributed by atoms with van der Waals surface area (Å²) in [5.74, 6) is 0.692. The zero-order valence-electron chi connectivity index (χ0n) is 15.0. The molecule has 0 spiro atoms. The fourth-order valence-electron chi connectivity index (χ4n) is 2.62. The summed E-state index contributed by atoms with van der Waals surface area (Å²) in [4.78, 5) is 10.3. The molecule has 7 heteroatoms. The Hall–Kier alpha value is -2.89. The first-order valence-corrected chi connectivity index (χ1v) is 9.96. The minimum atomic E-state index is -0.433. The summed E-state index contributed by atoms with van der Waals surface area (Å²) in [6.07, 6.45) is 1.78. The molecule has 3 aromatic rings. The van der Waals surface area contributed by atoms with Crippen LogP contribution >= 0.6 is 34.2 Å². The molecule has 0 aliphatic carbocycles. The van der Waals surface area contributed by atoms with E-state index in [0.717, 1.165) is 14.7 Å². The number of non-ortho nitro benzene ring substituents is 1. The second-order valence-electron chi connectivity index (χ2n) is 6.05. The lowest BCUT2D eigenvalue weighted by atomic mass is 10.0. The number of nitrogens with zero attached hydrogens (tertiary/aromatic N) is 2. The van der Waals surface area contributed by atoms with Gasteiger partial charge in [0.2, 0.25) is 0 Å². The summed E-state index contributed by atoms with van der Waals surface area (Å²) in [5.41, 5.74) is 2.90. The lowest BCUT2D eigenvalue weighted by molar-refractivity contribution is -0.384. The van der Waals surface area contributed by atoms with Crippen molar-refractivity contribution >= 4 is 51.5 Å². The number of benzene rings is 3. The van der Waals surface area contributed by atoms with Gasteiger partial charge in [-0.25, -0.2) is 0 Å². The standard InChI is InChI=1S/C22H14ClIN2O3/c23-20-4-2-1-3-19(20)17(13-25)11-16-7-10-22(21(24)12-16)29-14-15-5-8-18(9-6-15)26(27)28/h1-12H,14H2.